The van der Waals surface area contributed by atoms with E-state index < -0.39 is 10.0 Å². The molecule has 0 aliphatic carbocycles. The van der Waals surface area contributed by atoms with Gasteiger partial charge in [-0.05, 0) is 68.5 Å². The van der Waals surface area contributed by atoms with E-state index in [1.165, 1.54) is 18.5 Å². The lowest BCUT2D eigenvalue weighted by molar-refractivity contribution is 0.447. The van der Waals surface area contributed by atoms with Gasteiger partial charge in [0.05, 0.1) is 15.1 Å². The van der Waals surface area contributed by atoms with E-state index in [2.05, 4.69) is 28.7 Å². The lowest BCUT2D eigenvalue weighted by Crippen LogP contribution is -2.34. The Bertz CT molecular complexity index is 1230. The molecule has 0 spiro atoms. The standard InChI is InChI=1S/C23H29N3O3S2/c1-4-26-21-12-11-20(14-22(21)30-23(26)27)31(28,29)24-17(3)18-7-9-19(10-8-18)25-13-5-6-16(2)15-25/h7-12,14,16-17,24H,4-6,13,15H2,1-3H3/t16-,17+/m0/s1. The van der Waals surface area contributed by atoms with E-state index in [0.29, 0.717) is 17.2 Å². The van der Waals surface area contributed by atoms with Crippen molar-refractivity contribution in [2.75, 3.05) is 18.0 Å². The minimum absolute atomic E-state index is 0.0726. The molecule has 0 radical (unpaired) electrons. The second-order valence-corrected chi connectivity index (χ2v) is 11.1. The van der Waals surface area contributed by atoms with E-state index in [4.69, 9.17) is 0 Å². The Morgan fingerprint density at radius 1 is 1.19 bits per heavy atom. The number of nitrogens with one attached hydrogen (secondary N) is 1. The van der Waals surface area contributed by atoms with Gasteiger partial charge in [0.2, 0.25) is 10.0 Å². The van der Waals surface area contributed by atoms with Crippen LogP contribution in [0.15, 0.2) is 52.2 Å². The number of aromatic nitrogens is 1. The number of aryl methyl sites for hydroxylation is 1. The van der Waals surface area contributed by atoms with Crippen LogP contribution in [-0.4, -0.2) is 26.1 Å². The lowest BCUT2D eigenvalue weighted by Gasteiger charge is -2.33. The van der Waals surface area contributed by atoms with Crippen LogP contribution in [0, 0.1) is 5.92 Å². The smallest absolute Gasteiger partial charge is 0.308 e. The van der Waals surface area contributed by atoms with E-state index in [9.17, 15) is 13.2 Å². The highest BCUT2D eigenvalue weighted by molar-refractivity contribution is 7.89. The van der Waals surface area contributed by atoms with Crippen molar-refractivity contribution in [3.63, 3.8) is 0 Å². The van der Waals surface area contributed by atoms with Gasteiger partial charge in [-0.1, -0.05) is 30.4 Å². The number of piperidine rings is 1. The van der Waals surface area contributed by atoms with Crippen LogP contribution in [0.25, 0.3) is 10.2 Å². The normalized spacial score (nSPS) is 18.4. The number of anilines is 1. The van der Waals surface area contributed by atoms with Gasteiger partial charge in [0.1, 0.15) is 0 Å². The van der Waals surface area contributed by atoms with E-state index in [1.54, 1.807) is 22.8 Å². The predicted molar refractivity (Wildman–Crippen MR) is 128 cm³/mol. The fourth-order valence-corrected chi connectivity index (χ4v) is 6.61. The molecular formula is C23H29N3O3S2. The second-order valence-electron chi connectivity index (χ2n) is 8.37. The van der Waals surface area contributed by atoms with Crippen molar-refractivity contribution < 1.29 is 8.42 Å². The van der Waals surface area contributed by atoms with Crippen LogP contribution in [0.1, 0.15) is 45.2 Å². The number of benzene rings is 2. The molecule has 31 heavy (non-hydrogen) atoms. The third kappa shape index (κ3) is 4.56. The highest BCUT2D eigenvalue weighted by Crippen LogP contribution is 2.26. The molecular weight excluding hydrogens is 430 g/mol. The zero-order valence-electron chi connectivity index (χ0n) is 18.2. The number of fused-ring (bicyclic) bond motifs is 1. The molecule has 2 aromatic carbocycles. The Balaban J connectivity index is 1.51. The Morgan fingerprint density at radius 2 is 1.94 bits per heavy atom. The second kappa shape index (κ2) is 8.76. The zero-order valence-corrected chi connectivity index (χ0v) is 19.8. The Hall–Kier alpha value is -2.16. The summed E-state index contributed by atoms with van der Waals surface area (Å²) in [6.07, 6.45) is 2.49. The maximum absolute atomic E-state index is 13.0. The van der Waals surface area contributed by atoms with Crippen molar-refractivity contribution >= 4 is 37.3 Å². The Kier molecular flexibility index (Phi) is 6.23. The highest BCUT2D eigenvalue weighted by Gasteiger charge is 2.21. The average Bonchev–Trinajstić information content (AvgIpc) is 3.07. The summed E-state index contributed by atoms with van der Waals surface area (Å²) in [5.41, 5.74) is 2.87. The minimum atomic E-state index is -3.71. The van der Waals surface area contributed by atoms with Crippen LogP contribution in [0.2, 0.25) is 0 Å². The summed E-state index contributed by atoms with van der Waals surface area (Å²) in [5.74, 6) is 0.698. The molecule has 1 aliphatic rings. The molecule has 6 nitrogen and oxygen atoms in total. The van der Waals surface area contributed by atoms with Crippen LogP contribution in [-0.2, 0) is 16.6 Å². The van der Waals surface area contributed by atoms with Crippen molar-refractivity contribution in [1.82, 2.24) is 9.29 Å². The van der Waals surface area contributed by atoms with Gasteiger partial charge in [-0.15, -0.1) is 0 Å². The summed E-state index contributed by atoms with van der Waals surface area (Å²) in [7, 11) is -3.71. The fourth-order valence-electron chi connectivity index (χ4n) is 4.28. The first-order valence-corrected chi connectivity index (χ1v) is 13.1. The van der Waals surface area contributed by atoms with Gasteiger partial charge in [0, 0.05) is 31.4 Å². The molecule has 0 saturated carbocycles. The van der Waals surface area contributed by atoms with Crippen LogP contribution in [0.4, 0.5) is 5.69 Å². The van der Waals surface area contributed by atoms with Crippen molar-refractivity contribution in [3.8, 4) is 0 Å². The third-order valence-electron chi connectivity index (χ3n) is 6.01. The number of thiazole rings is 1. The molecule has 8 heteroatoms. The molecule has 1 N–H and O–H groups in total. The van der Waals surface area contributed by atoms with Gasteiger partial charge < -0.3 is 4.90 Å². The van der Waals surface area contributed by atoms with Crippen molar-refractivity contribution in [1.29, 1.82) is 0 Å². The number of hydrogen-bond donors (Lipinski definition) is 1. The molecule has 2 heterocycles. The number of nitrogens with zero attached hydrogens (tertiary/aromatic N) is 2. The van der Waals surface area contributed by atoms with Gasteiger partial charge >= 0.3 is 4.87 Å². The minimum Gasteiger partial charge on any atom is -0.371 e. The molecule has 4 rings (SSSR count). The topological polar surface area (TPSA) is 71.4 Å². The van der Waals surface area contributed by atoms with E-state index >= 15 is 0 Å². The maximum Gasteiger partial charge on any atom is 0.308 e. The molecule has 0 amide bonds. The van der Waals surface area contributed by atoms with Crippen molar-refractivity contribution in [3.05, 3.63) is 57.7 Å². The summed E-state index contributed by atoms with van der Waals surface area (Å²) < 4.78 is 31.0. The third-order valence-corrected chi connectivity index (χ3v) is 8.49. The predicted octanol–water partition coefficient (Wildman–Crippen LogP) is 4.36. The molecule has 3 aromatic rings. The summed E-state index contributed by atoms with van der Waals surface area (Å²) >= 11 is 1.07. The molecule has 1 aromatic heterocycles. The van der Waals surface area contributed by atoms with Gasteiger partial charge in [0.25, 0.3) is 0 Å². The molecule has 1 fully saturated rings. The quantitative estimate of drug-likeness (QED) is 0.595. The van der Waals surface area contributed by atoms with Gasteiger partial charge in [-0.25, -0.2) is 13.1 Å². The highest BCUT2D eigenvalue weighted by atomic mass is 32.2. The molecule has 0 bridgehead atoms. The molecule has 0 unspecified atom stereocenters. The maximum atomic E-state index is 13.0. The molecule has 1 saturated heterocycles. The summed E-state index contributed by atoms with van der Waals surface area (Å²) in [6.45, 7) is 8.73. The number of rotatable bonds is 6. The molecule has 166 valence electrons. The monoisotopic (exact) mass is 459 g/mol. The van der Waals surface area contributed by atoms with Crippen LogP contribution < -0.4 is 14.5 Å². The van der Waals surface area contributed by atoms with Crippen LogP contribution in [0.3, 0.4) is 0 Å². The van der Waals surface area contributed by atoms with Crippen LogP contribution >= 0.6 is 11.3 Å². The van der Waals surface area contributed by atoms with Gasteiger partial charge in [-0.3, -0.25) is 9.36 Å². The van der Waals surface area contributed by atoms with Crippen molar-refractivity contribution in [2.24, 2.45) is 5.92 Å². The van der Waals surface area contributed by atoms with E-state index in [1.807, 2.05) is 26.0 Å². The van der Waals surface area contributed by atoms with Gasteiger partial charge in [0.15, 0.2) is 0 Å². The fraction of sp³-hybridized carbons (Fsp3) is 0.435. The average molecular weight is 460 g/mol. The first-order valence-electron chi connectivity index (χ1n) is 10.8. The summed E-state index contributed by atoms with van der Waals surface area (Å²) in [6, 6.07) is 12.7. The first-order chi connectivity index (χ1) is 14.8. The zero-order chi connectivity index (χ0) is 22.2. The molecule has 1 aliphatic heterocycles. The Labute approximate surface area is 187 Å². The number of sulfonamides is 1. The van der Waals surface area contributed by atoms with E-state index in [0.717, 1.165) is 35.5 Å². The van der Waals surface area contributed by atoms with Crippen LogP contribution in [0.5, 0.6) is 0 Å². The summed E-state index contributed by atoms with van der Waals surface area (Å²) in [5, 5.41) is 0. The first kappa shape index (κ1) is 22.0. The summed E-state index contributed by atoms with van der Waals surface area (Å²) in [4.78, 5) is 14.6. The lowest BCUT2D eigenvalue weighted by atomic mass is 9.99. The van der Waals surface area contributed by atoms with E-state index in [-0.39, 0.29) is 15.8 Å². The van der Waals surface area contributed by atoms with Crippen molar-refractivity contribution in [2.45, 2.75) is 51.1 Å². The number of hydrogen-bond acceptors (Lipinski definition) is 5. The van der Waals surface area contributed by atoms with Gasteiger partial charge in [-0.2, -0.15) is 0 Å². The molecule has 2 atom stereocenters. The largest absolute Gasteiger partial charge is 0.371 e. The SMILES string of the molecule is CCn1c(=O)sc2cc(S(=O)(=O)N[C@H](C)c3ccc(N4CCC[C@H](C)C4)cc3)ccc21. The Morgan fingerprint density at radius 3 is 2.61 bits per heavy atom.